The van der Waals surface area contributed by atoms with Crippen LogP contribution in [0, 0.1) is 5.82 Å². The molecular formula is C17H18FN5. The van der Waals surface area contributed by atoms with Crippen LogP contribution in [-0.4, -0.2) is 21.0 Å². The predicted molar refractivity (Wildman–Crippen MR) is 89.1 cm³/mol. The molecule has 0 aliphatic heterocycles. The van der Waals surface area contributed by atoms with Crippen LogP contribution in [0.5, 0.6) is 0 Å². The maximum absolute atomic E-state index is 13.9. The van der Waals surface area contributed by atoms with Crippen LogP contribution in [0.15, 0.2) is 36.7 Å². The molecule has 0 amide bonds. The number of nitrogens with one attached hydrogen (secondary N) is 1. The van der Waals surface area contributed by atoms with Gasteiger partial charge in [0.25, 0.3) is 0 Å². The van der Waals surface area contributed by atoms with E-state index in [-0.39, 0.29) is 5.82 Å². The van der Waals surface area contributed by atoms with Gasteiger partial charge in [-0.1, -0.05) is 13.8 Å². The molecule has 3 rings (SSSR count). The fourth-order valence-corrected chi connectivity index (χ4v) is 2.34. The van der Waals surface area contributed by atoms with Crippen molar-refractivity contribution in [2.24, 2.45) is 0 Å². The Labute approximate surface area is 133 Å². The topological polar surface area (TPSA) is 76.7 Å². The second-order valence-electron chi connectivity index (χ2n) is 5.71. The molecule has 0 bridgehead atoms. The van der Waals surface area contributed by atoms with E-state index in [1.54, 1.807) is 0 Å². The van der Waals surface area contributed by atoms with Gasteiger partial charge in [-0.15, -0.1) is 0 Å². The second-order valence-corrected chi connectivity index (χ2v) is 5.71. The molecule has 118 valence electrons. The summed E-state index contributed by atoms with van der Waals surface area (Å²) >= 11 is 0. The van der Waals surface area contributed by atoms with E-state index in [1.165, 1.54) is 18.5 Å². The first kappa shape index (κ1) is 15.3. The zero-order valence-corrected chi connectivity index (χ0v) is 13.0. The SMILES string of the molecule is CC(C)NCc1cc(F)cc(-c2ccc3ncnc(N)c3n2)c1. The van der Waals surface area contributed by atoms with Crippen molar-refractivity contribution in [1.82, 2.24) is 20.3 Å². The largest absolute Gasteiger partial charge is 0.382 e. The van der Waals surface area contributed by atoms with Crippen molar-refractivity contribution in [2.45, 2.75) is 26.4 Å². The molecule has 0 atom stereocenters. The Kier molecular flexibility index (Phi) is 4.16. The van der Waals surface area contributed by atoms with E-state index in [4.69, 9.17) is 5.73 Å². The summed E-state index contributed by atoms with van der Waals surface area (Å²) in [6.07, 6.45) is 1.40. The number of aromatic nitrogens is 3. The summed E-state index contributed by atoms with van der Waals surface area (Å²) in [5.41, 5.74) is 9.25. The van der Waals surface area contributed by atoms with Crippen LogP contribution in [0.25, 0.3) is 22.3 Å². The van der Waals surface area contributed by atoms with Crippen LogP contribution >= 0.6 is 0 Å². The first-order chi connectivity index (χ1) is 11.0. The number of hydrogen-bond donors (Lipinski definition) is 2. The predicted octanol–water partition coefficient (Wildman–Crippen LogP) is 2.91. The van der Waals surface area contributed by atoms with E-state index in [0.29, 0.717) is 40.7 Å². The summed E-state index contributed by atoms with van der Waals surface area (Å²) in [5, 5.41) is 3.28. The lowest BCUT2D eigenvalue weighted by Gasteiger charge is -2.10. The van der Waals surface area contributed by atoms with Crippen molar-refractivity contribution >= 4 is 16.9 Å². The van der Waals surface area contributed by atoms with E-state index < -0.39 is 0 Å². The van der Waals surface area contributed by atoms with Gasteiger partial charge < -0.3 is 11.1 Å². The molecule has 23 heavy (non-hydrogen) atoms. The van der Waals surface area contributed by atoms with Crippen LogP contribution in [-0.2, 0) is 6.54 Å². The molecule has 6 heteroatoms. The van der Waals surface area contributed by atoms with Crippen molar-refractivity contribution in [3.63, 3.8) is 0 Å². The molecule has 5 nitrogen and oxygen atoms in total. The second kappa shape index (κ2) is 6.26. The van der Waals surface area contributed by atoms with Gasteiger partial charge in [0.15, 0.2) is 5.82 Å². The summed E-state index contributed by atoms with van der Waals surface area (Å²) in [6, 6.07) is 8.87. The Morgan fingerprint density at radius 1 is 1.17 bits per heavy atom. The molecule has 0 radical (unpaired) electrons. The standard InChI is InChI=1S/C17H18FN5/c1-10(2)20-8-11-5-12(7-13(18)6-11)14-3-4-15-16(23-14)17(19)22-9-21-15/h3-7,9-10,20H,8H2,1-2H3,(H2,19,21,22). The van der Waals surface area contributed by atoms with Crippen molar-refractivity contribution in [2.75, 3.05) is 5.73 Å². The Morgan fingerprint density at radius 3 is 2.78 bits per heavy atom. The third-order valence-corrected chi connectivity index (χ3v) is 3.48. The number of benzene rings is 1. The van der Waals surface area contributed by atoms with Gasteiger partial charge in [-0.05, 0) is 35.9 Å². The highest BCUT2D eigenvalue weighted by Gasteiger charge is 2.08. The van der Waals surface area contributed by atoms with Crippen LogP contribution < -0.4 is 11.1 Å². The molecule has 1 aromatic carbocycles. The van der Waals surface area contributed by atoms with Gasteiger partial charge in [0.2, 0.25) is 0 Å². The zero-order chi connectivity index (χ0) is 16.4. The van der Waals surface area contributed by atoms with Crippen LogP contribution in [0.4, 0.5) is 10.2 Å². The van der Waals surface area contributed by atoms with Crippen LogP contribution in [0.2, 0.25) is 0 Å². The van der Waals surface area contributed by atoms with Crippen LogP contribution in [0.3, 0.4) is 0 Å². The third kappa shape index (κ3) is 3.43. The average Bonchev–Trinajstić information content (AvgIpc) is 2.52. The number of fused-ring (bicyclic) bond motifs is 1. The highest BCUT2D eigenvalue weighted by Crippen LogP contribution is 2.24. The maximum atomic E-state index is 13.9. The molecule has 2 heterocycles. The fraction of sp³-hybridized carbons (Fsp3) is 0.235. The lowest BCUT2D eigenvalue weighted by molar-refractivity contribution is 0.581. The monoisotopic (exact) mass is 311 g/mol. The molecule has 0 spiro atoms. The number of hydrogen-bond acceptors (Lipinski definition) is 5. The number of nitrogens with zero attached hydrogens (tertiary/aromatic N) is 3. The van der Waals surface area contributed by atoms with Gasteiger partial charge in [0.05, 0.1) is 11.2 Å². The Morgan fingerprint density at radius 2 is 2.00 bits per heavy atom. The van der Waals surface area contributed by atoms with Gasteiger partial charge in [0.1, 0.15) is 17.7 Å². The number of rotatable bonds is 4. The van der Waals surface area contributed by atoms with Gasteiger partial charge in [0, 0.05) is 18.2 Å². The van der Waals surface area contributed by atoms with Crippen molar-refractivity contribution in [1.29, 1.82) is 0 Å². The Bertz CT molecular complexity index is 848. The summed E-state index contributed by atoms with van der Waals surface area (Å²) in [5.74, 6) is 0.0252. The number of halogens is 1. The summed E-state index contributed by atoms with van der Waals surface area (Å²) < 4.78 is 13.9. The van der Waals surface area contributed by atoms with Gasteiger partial charge in [-0.3, -0.25) is 0 Å². The minimum Gasteiger partial charge on any atom is -0.382 e. The Balaban J connectivity index is 2.02. The number of pyridine rings is 1. The van der Waals surface area contributed by atoms with E-state index in [1.807, 2.05) is 32.0 Å². The van der Waals surface area contributed by atoms with Gasteiger partial charge >= 0.3 is 0 Å². The molecule has 0 saturated carbocycles. The molecule has 3 aromatic rings. The lowest BCUT2D eigenvalue weighted by atomic mass is 10.1. The summed E-state index contributed by atoms with van der Waals surface area (Å²) in [6.45, 7) is 4.70. The maximum Gasteiger partial charge on any atom is 0.153 e. The first-order valence-electron chi connectivity index (χ1n) is 7.43. The minimum absolute atomic E-state index is 0.290. The smallest absolute Gasteiger partial charge is 0.153 e. The summed E-state index contributed by atoms with van der Waals surface area (Å²) in [4.78, 5) is 12.6. The zero-order valence-electron chi connectivity index (χ0n) is 13.0. The molecule has 0 unspecified atom stereocenters. The molecular weight excluding hydrogens is 293 g/mol. The normalized spacial score (nSPS) is 11.3. The first-order valence-corrected chi connectivity index (χ1v) is 7.43. The van der Waals surface area contributed by atoms with E-state index >= 15 is 0 Å². The minimum atomic E-state index is -0.290. The fourth-order valence-electron chi connectivity index (χ4n) is 2.34. The lowest BCUT2D eigenvalue weighted by Crippen LogP contribution is -2.21. The highest BCUT2D eigenvalue weighted by molar-refractivity contribution is 5.85. The molecule has 0 saturated heterocycles. The molecule has 0 aliphatic carbocycles. The molecule has 0 aliphatic rings. The van der Waals surface area contributed by atoms with E-state index in [0.717, 1.165) is 5.56 Å². The number of anilines is 1. The quantitative estimate of drug-likeness (QED) is 0.774. The summed E-state index contributed by atoms with van der Waals surface area (Å²) in [7, 11) is 0. The molecule has 3 N–H and O–H groups in total. The number of nitrogens with two attached hydrogens (primary N) is 1. The van der Waals surface area contributed by atoms with E-state index in [9.17, 15) is 4.39 Å². The third-order valence-electron chi connectivity index (χ3n) is 3.48. The van der Waals surface area contributed by atoms with Gasteiger partial charge in [-0.2, -0.15) is 0 Å². The molecule has 0 fully saturated rings. The highest BCUT2D eigenvalue weighted by atomic mass is 19.1. The van der Waals surface area contributed by atoms with Crippen molar-refractivity contribution < 1.29 is 4.39 Å². The van der Waals surface area contributed by atoms with Crippen molar-refractivity contribution in [3.8, 4) is 11.3 Å². The molecule has 2 aromatic heterocycles. The van der Waals surface area contributed by atoms with E-state index in [2.05, 4.69) is 20.3 Å². The van der Waals surface area contributed by atoms with Crippen molar-refractivity contribution in [3.05, 3.63) is 48.0 Å². The van der Waals surface area contributed by atoms with Crippen LogP contribution in [0.1, 0.15) is 19.4 Å². The Hall–Kier alpha value is -2.60. The number of nitrogen functional groups attached to an aromatic ring is 1. The average molecular weight is 311 g/mol. The van der Waals surface area contributed by atoms with Gasteiger partial charge in [-0.25, -0.2) is 19.3 Å².